The van der Waals surface area contributed by atoms with Gasteiger partial charge in [0.25, 0.3) is 0 Å². The Labute approximate surface area is 138 Å². The minimum Gasteiger partial charge on any atom is -0.478 e. The van der Waals surface area contributed by atoms with E-state index in [9.17, 15) is 19.8 Å². The lowest BCUT2D eigenvalue weighted by Gasteiger charge is -2.21. The number of aliphatic hydroxyl groups is 2. The lowest BCUT2D eigenvalue weighted by Crippen LogP contribution is -2.33. The molecular weight excluding hydrogens is 300 g/mol. The van der Waals surface area contributed by atoms with E-state index in [1.807, 2.05) is 0 Å². The summed E-state index contributed by atoms with van der Waals surface area (Å²) in [7, 11) is 0. The van der Waals surface area contributed by atoms with Crippen LogP contribution in [0.5, 0.6) is 0 Å². The number of aliphatic carboxylic acids is 2. The summed E-state index contributed by atoms with van der Waals surface area (Å²) in [6, 6.07) is 0. The molecule has 0 fully saturated rings. The van der Waals surface area contributed by atoms with Gasteiger partial charge in [0.05, 0.1) is 5.57 Å². The third-order valence-electron chi connectivity index (χ3n) is 3.30. The first kappa shape index (κ1) is 23.6. The van der Waals surface area contributed by atoms with Gasteiger partial charge in [0.1, 0.15) is 0 Å². The fourth-order valence-corrected chi connectivity index (χ4v) is 1.83. The summed E-state index contributed by atoms with van der Waals surface area (Å²) >= 11 is 0. The van der Waals surface area contributed by atoms with Gasteiger partial charge in [-0.2, -0.15) is 0 Å². The van der Waals surface area contributed by atoms with Gasteiger partial charge in [-0.05, 0) is 6.42 Å². The highest BCUT2D eigenvalue weighted by Gasteiger charge is 2.30. The van der Waals surface area contributed by atoms with Crippen LogP contribution in [0, 0.1) is 0 Å². The molecule has 0 heterocycles. The average molecular weight is 330 g/mol. The molecule has 0 aromatic heterocycles. The van der Waals surface area contributed by atoms with Crippen LogP contribution < -0.4 is 0 Å². The molecule has 23 heavy (non-hydrogen) atoms. The monoisotopic (exact) mass is 330 g/mol. The Morgan fingerprint density at radius 2 is 1.35 bits per heavy atom. The van der Waals surface area contributed by atoms with Crippen LogP contribution in [-0.4, -0.2) is 38.2 Å². The number of unbranched alkanes of at least 4 members (excludes halogenated alkanes) is 7. The molecule has 6 heteroatoms. The maximum atomic E-state index is 10.6. The van der Waals surface area contributed by atoms with Gasteiger partial charge in [-0.25, -0.2) is 9.59 Å². The van der Waals surface area contributed by atoms with Crippen LogP contribution in [0.2, 0.25) is 0 Å². The fraction of sp³-hybridized carbons (Fsp3) is 0.647. The molecule has 0 radical (unpaired) electrons. The molecule has 0 amide bonds. The zero-order chi connectivity index (χ0) is 18.3. The van der Waals surface area contributed by atoms with Crippen molar-refractivity contribution in [3.8, 4) is 0 Å². The van der Waals surface area contributed by atoms with E-state index in [-0.39, 0.29) is 6.42 Å². The van der Waals surface area contributed by atoms with Crippen molar-refractivity contribution in [2.45, 2.75) is 70.5 Å². The maximum Gasteiger partial charge on any atom is 0.336 e. The molecule has 4 N–H and O–H groups in total. The van der Waals surface area contributed by atoms with E-state index in [2.05, 4.69) is 20.1 Å². The second kappa shape index (κ2) is 14.0. The molecule has 0 aliphatic heterocycles. The summed E-state index contributed by atoms with van der Waals surface area (Å²) in [5.41, 5.74) is -0.551. The molecule has 0 bridgehead atoms. The molecule has 134 valence electrons. The molecule has 0 spiro atoms. The Morgan fingerprint density at radius 3 is 1.70 bits per heavy atom. The quantitative estimate of drug-likeness (QED) is 0.248. The van der Waals surface area contributed by atoms with Crippen LogP contribution >= 0.6 is 0 Å². The van der Waals surface area contributed by atoms with Crippen LogP contribution in [0.15, 0.2) is 24.8 Å². The van der Waals surface area contributed by atoms with E-state index in [1.54, 1.807) is 0 Å². The molecule has 0 aromatic carbocycles. The fourth-order valence-electron chi connectivity index (χ4n) is 1.83. The maximum absolute atomic E-state index is 10.6. The summed E-state index contributed by atoms with van der Waals surface area (Å²) in [5, 5.41) is 35.2. The zero-order valence-corrected chi connectivity index (χ0v) is 14.0. The van der Waals surface area contributed by atoms with Crippen molar-refractivity contribution < 1.29 is 30.0 Å². The Kier molecular flexibility index (Phi) is 14.3. The van der Waals surface area contributed by atoms with Crippen LogP contribution in [0.4, 0.5) is 0 Å². The SMILES string of the molecule is C=C(C(=O)O)C(O)(O)CCCCCCCCCC.C=CC(=O)O. The summed E-state index contributed by atoms with van der Waals surface area (Å²) in [6.07, 6.45) is 9.56. The van der Waals surface area contributed by atoms with Gasteiger partial charge < -0.3 is 20.4 Å². The van der Waals surface area contributed by atoms with Crippen molar-refractivity contribution in [2.24, 2.45) is 0 Å². The number of rotatable bonds is 12. The van der Waals surface area contributed by atoms with Gasteiger partial charge in [-0.1, -0.05) is 65.0 Å². The number of carboxylic acid groups (broad SMARTS) is 2. The third-order valence-corrected chi connectivity index (χ3v) is 3.30. The molecule has 0 aliphatic carbocycles. The van der Waals surface area contributed by atoms with Crippen molar-refractivity contribution >= 4 is 11.9 Å². The zero-order valence-electron chi connectivity index (χ0n) is 14.0. The molecule has 0 unspecified atom stereocenters. The number of hydrogen-bond donors (Lipinski definition) is 4. The van der Waals surface area contributed by atoms with Gasteiger partial charge in [0.2, 0.25) is 0 Å². The molecule has 0 aliphatic rings. The van der Waals surface area contributed by atoms with Crippen LogP contribution in [0.1, 0.15) is 64.7 Å². The Bertz CT molecular complexity index is 373. The molecule has 0 saturated heterocycles. The van der Waals surface area contributed by atoms with E-state index in [0.717, 1.165) is 25.3 Å². The predicted molar refractivity (Wildman–Crippen MR) is 89.0 cm³/mol. The van der Waals surface area contributed by atoms with Crippen molar-refractivity contribution in [3.05, 3.63) is 24.8 Å². The van der Waals surface area contributed by atoms with E-state index in [4.69, 9.17) is 10.2 Å². The van der Waals surface area contributed by atoms with Crippen molar-refractivity contribution in [3.63, 3.8) is 0 Å². The minimum atomic E-state index is -2.27. The van der Waals surface area contributed by atoms with E-state index >= 15 is 0 Å². The van der Waals surface area contributed by atoms with Crippen LogP contribution in [0.25, 0.3) is 0 Å². The Hall–Kier alpha value is -1.66. The second-order valence-corrected chi connectivity index (χ2v) is 5.37. The highest BCUT2D eigenvalue weighted by Crippen LogP contribution is 2.20. The summed E-state index contributed by atoms with van der Waals surface area (Å²) in [5.74, 6) is -4.61. The molecule has 0 rings (SSSR count). The number of carbonyl (C=O) groups is 2. The lowest BCUT2D eigenvalue weighted by molar-refractivity contribution is -0.156. The van der Waals surface area contributed by atoms with Gasteiger partial charge in [0, 0.05) is 12.5 Å². The highest BCUT2D eigenvalue weighted by molar-refractivity contribution is 5.87. The van der Waals surface area contributed by atoms with Crippen molar-refractivity contribution in [2.75, 3.05) is 0 Å². The first-order valence-electron chi connectivity index (χ1n) is 7.91. The lowest BCUT2D eigenvalue weighted by atomic mass is 9.99. The normalized spacial score (nSPS) is 10.4. The first-order chi connectivity index (χ1) is 10.7. The van der Waals surface area contributed by atoms with Crippen molar-refractivity contribution in [1.82, 2.24) is 0 Å². The molecular formula is C17H30O6. The number of hydrogen-bond acceptors (Lipinski definition) is 4. The van der Waals surface area contributed by atoms with Gasteiger partial charge >= 0.3 is 11.9 Å². The smallest absolute Gasteiger partial charge is 0.336 e. The highest BCUT2D eigenvalue weighted by atomic mass is 16.5. The molecule has 0 aromatic rings. The standard InChI is InChI=1S/C14H26O4.C3H4O2/c1-3-4-5-6-7-8-9-10-11-14(17,18)12(2)13(15)16;1-2-3(4)5/h17-18H,2-11H2,1H3,(H,15,16);2H,1H2,(H,4,5). The Morgan fingerprint density at radius 1 is 0.957 bits per heavy atom. The van der Waals surface area contributed by atoms with Gasteiger partial charge in [-0.15, -0.1) is 0 Å². The van der Waals surface area contributed by atoms with E-state index < -0.39 is 23.3 Å². The Balaban J connectivity index is 0. The molecule has 6 nitrogen and oxygen atoms in total. The largest absolute Gasteiger partial charge is 0.478 e. The predicted octanol–water partition coefficient (Wildman–Crippen LogP) is 3.10. The van der Waals surface area contributed by atoms with Crippen LogP contribution in [0.3, 0.4) is 0 Å². The summed E-state index contributed by atoms with van der Waals surface area (Å²) < 4.78 is 0. The second-order valence-electron chi connectivity index (χ2n) is 5.37. The summed E-state index contributed by atoms with van der Waals surface area (Å²) in [6.45, 7) is 8.31. The summed E-state index contributed by atoms with van der Waals surface area (Å²) in [4.78, 5) is 19.8. The topological polar surface area (TPSA) is 115 Å². The molecule has 0 atom stereocenters. The van der Waals surface area contributed by atoms with Crippen molar-refractivity contribution in [1.29, 1.82) is 0 Å². The van der Waals surface area contributed by atoms with Gasteiger partial charge in [-0.3, -0.25) is 0 Å². The van der Waals surface area contributed by atoms with E-state index in [1.165, 1.54) is 25.7 Å². The van der Waals surface area contributed by atoms with E-state index in [0.29, 0.717) is 6.42 Å². The van der Waals surface area contributed by atoms with Crippen LogP contribution in [-0.2, 0) is 9.59 Å². The van der Waals surface area contributed by atoms with Gasteiger partial charge in [0.15, 0.2) is 5.79 Å². The third kappa shape index (κ3) is 15.0. The minimum absolute atomic E-state index is 0.0348. The first-order valence-corrected chi connectivity index (χ1v) is 7.91. The average Bonchev–Trinajstić information content (AvgIpc) is 2.49. The number of carboxylic acids is 2. The molecule has 0 saturated carbocycles.